The van der Waals surface area contributed by atoms with Gasteiger partial charge in [0.25, 0.3) is 0 Å². The summed E-state index contributed by atoms with van der Waals surface area (Å²) >= 11 is 0. The molecule has 0 bridgehead atoms. The van der Waals surface area contributed by atoms with Crippen LogP contribution in [0.5, 0.6) is 5.75 Å². The summed E-state index contributed by atoms with van der Waals surface area (Å²) in [6.07, 6.45) is 2.60. The van der Waals surface area contributed by atoms with Crippen molar-refractivity contribution in [2.45, 2.75) is 52.1 Å². The second-order valence-corrected chi connectivity index (χ2v) is 8.57. The topological polar surface area (TPSA) is 68.5 Å². The van der Waals surface area contributed by atoms with E-state index in [0.717, 1.165) is 47.1 Å². The zero-order valence-corrected chi connectivity index (χ0v) is 17.7. The number of carbonyl (C=O) groups excluding carboxylic acids is 1. The number of carbonyl (C=O) groups is 1. The molecule has 0 fully saturated rings. The molecule has 4 rings (SSSR count). The van der Waals surface area contributed by atoms with Gasteiger partial charge >= 0.3 is 5.63 Å². The third kappa shape index (κ3) is 4.25. The minimum absolute atomic E-state index is 0.0134. The predicted molar refractivity (Wildman–Crippen MR) is 117 cm³/mol. The molecule has 5 nitrogen and oxygen atoms in total. The van der Waals surface area contributed by atoms with Crippen molar-refractivity contribution in [3.8, 4) is 5.75 Å². The highest BCUT2D eigenvalue weighted by Crippen LogP contribution is 2.36. The van der Waals surface area contributed by atoms with Crippen molar-refractivity contribution in [1.82, 2.24) is 5.32 Å². The summed E-state index contributed by atoms with van der Waals surface area (Å²) in [5, 5.41) is 3.77. The lowest BCUT2D eigenvalue weighted by Gasteiger charge is -2.32. The highest BCUT2D eigenvalue weighted by atomic mass is 16.5. The lowest BCUT2D eigenvalue weighted by atomic mass is 9.92. The fraction of sp³-hybridized carbons (Fsp3) is 0.360. The number of ether oxygens (including phenoxy) is 1. The Morgan fingerprint density at radius 2 is 1.93 bits per heavy atom. The molecule has 5 heteroatoms. The summed E-state index contributed by atoms with van der Waals surface area (Å²) in [7, 11) is 0. The molecule has 1 aliphatic rings. The normalized spacial score (nSPS) is 14.8. The summed E-state index contributed by atoms with van der Waals surface area (Å²) in [5.74, 6) is 0.594. The lowest BCUT2D eigenvalue weighted by molar-refractivity contribution is -0.120. The first-order valence-corrected chi connectivity index (χ1v) is 10.4. The summed E-state index contributed by atoms with van der Waals surface area (Å²) in [5.41, 5.74) is 3.29. The number of benzene rings is 2. The molecule has 0 spiro atoms. The van der Waals surface area contributed by atoms with Gasteiger partial charge in [-0.3, -0.25) is 4.79 Å². The third-order valence-electron chi connectivity index (χ3n) is 5.77. The average Bonchev–Trinajstić information content (AvgIpc) is 2.70. The van der Waals surface area contributed by atoms with Gasteiger partial charge in [-0.25, -0.2) is 4.79 Å². The molecule has 1 N–H and O–H groups in total. The van der Waals surface area contributed by atoms with Crippen LogP contribution in [0.3, 0.4) is 0 Å². The van der Waals surface area contributed by atoms with Gasteiger partial charge in [-0.2, -0.15) is 0 Å². The van der Waals surface area contributed by atoms with E-state index in [1.54, 1.807) is 0 Å². The lowest BCUT2D eigenvalue weighted by Crippen LogP contribution is -2.32. The van der Waals surface area contributed by atoms with Gasteiger partial charge in [0.1, 0.15) is 16.9 Å². The standard InChI is InChI=1S/C25H27NO4/c1-16-19-13-18-9-11-25(2,3)30-21(18)15-22(19)29-24(28)20(16)14-23(27)26-12-10-17-7-5-4-6-8-17/h4-8,13,15H,9-12,14H2,1-3H3,(H,26,27). The zero-order valence-electron chi connectivity index (χ0n) is 17.7. The molecule has 0 saturated carbocycles. The largest absolute Gasteiger partial charge is 0.487 e. The minimum Gasteiger partial charge on any atom is -0.487 e. The molecule has 1 aromatic heterocycles. The summed E-state index contributed by atoms with van der Waals surface area (Å²) in [4.78, 5) is 25.0. The maximum Gasteiger partial charge on any atom is 0.340 e. The van der Waals surface area contributed by atoms with E-state index >= 15 is 0 Å². The van der Waals surface area contributed by atoms with Gasteiger partial charge in [0.15, 0.2) is 0 Å². The van der Waals surface area contributed by atoms with E-state index in [-0.39, 0.29) is 17.9 Å². The molecule has 3 aromatic rings. The van der Waals surface area contributed by atoms with Crippen molar-refractivity contribution < 1.29 is 13.9 Å². The van der Waals surface area contributed by atoms with Crippen molar-refractivity contribution >= 4 is 16.9 Å². The van der Waals surface area contributed by atoms with E-state index in [4.69, 9.17) is 9.15 Å². The third-order valence-corrected chi connectivity index (χ3v) is 5.77. The number of rotatable bonds is 5. The molecule has 1 aliphatic heterocycles. The Morgan fingerprint density at radius 1 is 1.17 bits per heavy atom. The van der Waals surface area contributed by atoms with Crippen LogP contribution in [0.2, 0.25) is 0 Å². The molecule has 0 radical (unpaired) electrons. The first-order valence-electron chi connectivity index (χ1n) is 10.4. The molecule has 0 atom stereocenters. The summed E-state index contributed by atoms with van der Waals surface area (Å²) in [6.45, 7) is 6.52. The number of nitrogens with one attached hydrogen (secondary N) is 1. The maximum atomic E-state index is 12.6. The molecule has 0 saturated heterocycles. The van der Waals surface area contributed by atoms with E-state index in [2.05, 4.69) is 19.2 Å². The van der Waals surface area contributed by atoms with Gasteiger partial charge in [0.2, 0.25) is 5.91 Å². The molecule has 2 aromatic carbocycles. The molecule has 30 heavy (non-hydrogen) atoms. The summed E-state index contributed by atoms with van der Waals surface area (Å²) in [6, 6.07) is 13.8. The maximum absolute atomic E-state index is 12.6. The molecule has 0 unspecified atom stereocenters. The fourth-order valence-corrected chi connectivity index (χ4v) is 3.95. The van der Waals surface area contributed by atoms with Crippen LogP contribution in [-0.2, 0) is 24.1 Å². The molecule has 1 amide bonds. The van der Waals surface area contributed by atoms with Gasteiger partial charge < -0.3 is 14.5 Å². The van der Waals surface area contributed by atoms with Crippen molar-refractivity contribution in [2.75, 3.05) is 6.54 Å². The summed E-state index contributed by atoms with van der Waals surface area (Å²) < 4.78 is 11.6. The number of hydrogen-bond donors (Lipinski definition) is 1. The molecule has 0 aliphatic carbocycles. The van der Waals surface area contributed by atoms with Crippen LogP contribution in [0.15, 0.2) is 51.7 Å². The highest BCUT2D eigenvalue weighted by molar-refractivity contribution is 5.86. The molecule has 2 heterocycles. The number of amides is 1. The second kappa shape index (κ2) is 7.98. The zero-order chi connectivity index (χ0) is 21.3. The van der Waals surface area contributed by atoms with E-state index < -0.39 is 5.63 Å². The van der Waals surface area contributed by atoms with Crippen LogP contribution >= 0.6 is 0 Å². The quantitative estimate of drug-likeness (QED) is 0.649. The fourth-order valence-electron chi connectivity index (χ4n) is 3.95. The number of aryl methyl sites for hydroxylation is 2. The smallest absolute Gasteiger partial charge is 0.340 e. The number of fused-ring (bicyclic) bond motifs is 2. The Balaban J connectivity index is 1.53. The van der Waals surface area contributed by atoms with E-state index in [1.807, 2.05) is 49.4 Å². The van der Waals surface area contributed by atoms with Crippen LogP contribution in [0.4, 0.5) is 0 Å². The van der Waals surface area contributed by atoms with Crippen molar-refractivity contribution in [3.63, 3.8) is 0 Å². The van der Waals surface area contributed by atoms with Gasteiger partial charge in [-0.15, -0.1) is 0 Å². The van der Waals surface area contributed by atoms with Crippen LogP contribution in [-0.4, -0.2) is 18.1 Å². The Labute approximate surface area is 176 Å². The van der Waals surface area contributed by atoms with Crippen molar-refractivity contribution in [3.05, 3.63) is 75.1 Å². The first-order chi connectivity index (χ1) is 14.3. The SMILES string of the molecule is Cc1c(CC(=O)NCCc2ccccc2)c(=O)oc2cc3c(cc12)CCC(C)(C)O3. The van der Waals surface area contributed by atoms with Crippen LogP contribution in [0.25, 0.3) is 11.0 Å². The van der Waals surface area contributed by atoms with Gasteiger partial charge in [-0.1, -0.05) is 30.3 Å². The van der Waals surface area contributed by atoms with E-state index in [0.29, 0.717) is 17.7 Å². The Kier molecular flexibility index (Phi) is 5.37. The van der Waals surface area contributed by atoms with Gasteiger partial charge in [-0.05, 0) is 62.8 Å². The van der Waals surface area contributed by atoms with Crippen LogP contribution in [0, 0.1) is 6.92 Å². The van der Waals surface area contributed by atoms with E-state index in [9.17, 15) is 9.59 Å². The molecular formula is C25H27NO4. The second-order valence-electron chi connectivity index (χ2n) is 8.57. The van der Waals surface area contributed by atoms with Gasteiger partial charge in [0, 0.05) is 18.0 Å². The number of hydrogen-bond acceptors (Lipinski definition) is 4. The Hall–Kier alpha value is -3.08. The van der Waals surface area contributed by atoms with Crippen LogP contribution < -0.4 is 15.7 Å². The van der Waals surface area contributed by atoms with Crippen LogP contribution in [0.1, 0.15) is 42.5 Å². The molecular weight excluding hydrogens is 378 g/mol. The monoisotopic (exact) mass is 405 g/mol. The first kappa shape index (κ1) is 20.2. The average molecular weight is 405 g/mol. The Bertz CT molecular complexity index is 1150. The minimum atomic E-state index is -0.465. The van der Waals surface area contributed by atoms with Crippen molar-refractivity contribution in [2.24, 2.45) is 0 Å². The van der Waals surface area contributed by atoms with Gasteiger partial charge in [0.05, 0.1) is 12.0 Å². The predicted octanol–water partition coefficient (Wildman–Crippen LogP) is 4.11. The Morgan fingerprint density at radius 3 is 2.70 bits per heavy atom. The van der Waals surface area contributed by atoms with Crippen molar-refractivity contribution in [1.29, 1.82) is 0 Å². The highest BCUT2D eigenvalue weighted by Gasteiger charge is 2.27. The van der Waals surface area contributed by atoms with E-state index in [1.165, 1.54) is 0 Å². The molecule has 156 valence electrons.